The van der Waals surface area contributed by atoms with E-state index in [0.29, 0.717) is 38.8 Å². The Morgan fingerprint density at radius 2 is 1.72 bits per heavy atom. The van der Waals surface area contributed by atoms with Crippen LogP contribution in [0.2, 0.25) is 0 Å². The van der Waals surface area contributed by atoms with Crippen LogP contribution in [0.15, 0.2) is 30.3 Å². The van der Waals surface area contributed by atoms with Gasteiger partial charge in [-0.25, -0.2) is 14.4 Å². The minimum Gasteiger partial charge on any atom is -0.480 e. The molecular weight excluding hydrogens is 412 g/mol. The zero-order valence-corrected chi connectivity index (χ0v) is 19.7. The van der Waals surface area contributed by atoms with Crippen LogP contribution < -0.4 is 5.32 Å². The van der Waals surface area contributed by atoms with Gasteiger partial charge in [0.05, 0.1) is 0 Å². The molecular formula is C24H36N2O6. The highest BCUT2D eigenvalue weighted by Crippen LogP contribution is 2.31. The average molecular weight is 449 g/mol. The van der Waals surface area contributed by atoms with Gasteiger partial charge in [-0.05, 0) is 38.7 Å². The molecule has 2 rings (SSSR count). The first-order valence-electron chi connectivity index (χ1n) is 11.1. The third-order valence-corrected chi connectivity index (χ3v) is 5.30. The van der Waals surface area contributed by atoms with Crippen LogP contribution in [0.5, 0.6) is 0 Å². The van der Waals surface area contributed by atoms with Crippen molar-refractivity contribution in [2.24, 2.45) is 5.92 Å². The molecule has 1 atom stereocenters. The van der Waals surface area contributed by atoms with Crippen molar-refractivity contribution in [3.05, 3.63) is 35.9 Å². The second-order valence-electron chi connectivity index (χ2n) is 9.87. The minimum absolute atomic E-state index is 0.103. The molecule has 2 N–H and O–H groups in total. The van der Waals surface area contributed by atoms with Crippen LogP contribution in [-0.4, -0.2) is 58.5 Å². The number of likely N-dealkylation sites (tertiary alicyclic amines) is 1. The van der Waals surface area contributed by atoms with Gasteiger partial charge in [-0.2, -0.15) is 0 Å². The maximum Gasteiger partial charge on any atom is 0.410 e. The van der Waals surface area contributed by atoms with Crippen molar-refractivity contribution < 1.29 is 29.0 Å². The van der Waals surface area contributed by atoms with Gasteiger partial charge < -0.3 is 24.8 Å². The zero-order chi connectivity index (χ0) is 23.9. The van der Waals surface area contributed by atoms with Crippen molar-refractivity contribution in [3.8, 4) is 0 Å². The number of aliphatic carboxylic acids is 1. The molecule has 0 saturated carbocycles. The highest BCUT2D eigenvalue weighted by Gasteiger charge is 2.41. The quantitative estimate of drug-likeness (QED) is 0.647. The number of hydrogen-bond donors (Lipinski definition) is 2. The van der Waals surface area contributed by atoms with Gasteiger partial charge >= 0.3 is 18.2 Å². The number of ether oxygens (including phenoxy) is 2. The summed E-state index contributed by atoms with van der Waals surface area (Å²) in [6, 6.07) is 8.66. The SMILES string of the molecule is CC(C)CC(NC(=O)OC1(Cc2ccccc2)CCN(C(=O)OC(C)(C)C)CC1)C(=O)O. The van der Waals surface area contributed by atoms with E-state index in [0.717, 1.165) is 5.56 Å². The highest BCUT2D eigenvalue weighted by atomic mass is 16.6. The lowest BCUT2D eigenvalue weighted by Crippen LogP contribution is -2.53. The van der Waals surface area contributed by atoms with Gasteiger partial charge in [0.25, 0.3) is 0 Å². The van der Waals surface area contributed by atoms with Crippen molar-refractivity contribution in [3.63, 3.8) is 0 Å². The summed E-state index contributed by atoms with van der Waals surface area (Å²) in [4.78, 5) is 38.3. The molecule has 32 heavy (non-hydrogen) atoms. The van der Waals surface area contributed by atoms with Gasteiger partial charge in [0.2, 0.25) is 0 Å². The molecule has 1 aliphatic heterocycles. The minimum atomic E-state index is -1.09. The molecule has 0 aliphatic carbocycles. The number of piperidine rings is 1. The van der Waals surface area contributed by atoms with Gasteiger partial charge in [0.15, 0.2) is 0 Å². The molecule has 1 aliphatic rings. The normalized spacial score (nSPS) is 16.9. The highest BCUT2D eigenvalue weighted by molar-refractivity contribution is 5.80. The van der Waals surface area contributed by atoms with E-state index < -0.39 is 35.4 Å². The molecule has 8 nitrogen and oxygen atoms in total. The molecule has 1 aromatic carbocycles. The van der Waals surface area contributed by atoms with Gasteiger partial charge in [-0.1, -0.05) is 44.2 Å². The fourth-order valence-corrected chi connectivity index (χ4v) is 3.77. The molecule has 1 heterocycles. The van der Waals surface area contributed by atoms with Crippen molar-refractivity contribution >= 4 is 18.2 Å². The topological polar surface area (TPSA) is 105 Å². The molecule has 0 bridgehead atoms. The second kappa shape index (κ2) is 10.7. The predicted molar refractivity (Wildman–Crippen MR) is 120 cm³/mol. The molecule has 1 aromatic rings. The lowest BCUT2D eigenvalue weighted by atomic mass is 9.85. The fraction of sp³-hybridized carbons (Fsp3) is 0.625. The number of alkyl carbamates (subject to hydrolysis) is 1. The maximum atomic E-state index is 12.7. The van der Waals surface area contributed by atoms with E-state index in [-0.39, 0.29) is 5.92 Å². The molecule has 0 spiro atoms. The number of amides is 2. The summed E-state index contributed by atoms with van der Waals surface area (Å²) in [6.07, 6.45) is 0.499. The van der Waals surface area contributed by atoms with Gasteiger partial charge in [-0.3, -0.25) is 0 Å². The summed E-state index contributed by atoms with van der Waals surface area (Å²) in [5.74, 6) is -0.987. The van der Waals surface area contributed by atoms with Crippen LogP contribution in [0.3, 0.4) is 0 Å². The Balaban J connectivity index is 2.12. The third kappa shape index (κ3) is 8.05. The Hall–Kier alpha value is -2.77. The van der Waals surface area contributed by atoms with Crippen LogP contribution in [0.1, 0.15) is 59.4 Å². The molecule has 0 aromatic heterocycles. The molecule has 1 unspecified atom stereocenters. The molecule has 1 fully saturated rings. The van der Waals surface area contributed by atoms with Gasteiger partial charge in [-0.15, -0.1) is 0 Å². The Morgan fingerprint density at radius 3 is 2.22 bits per heavy atom. The molecule has 8 heteroatoms. The van der Waals surface area contributed by atoms with Crippen molar-refractivity contribution in [2.75, 3.05) is 13.1 Å². The number of rotatable bonds is 7. The monoisotopic (exact) mass is 448 g/mol. The number of nitrogens with one attached hydrogen (secondary N) is 1. The number of carbonyl (C=O) groups excluding carboxylic acids is 2. The Kier molecular flexibility index (Phi) is 8.52. The summed E-state index contributed by atoms with van der Waals surface area (Å²) in [5.41, 5.74) is -0.429. The summed E-state index contributed by atoms with van der Waals surface area (Å²) < 4.78 is 11.3. The lowest BCUT2D eigenvalue weighted by molar-refractivity contribution is -0.140. The average Bonchev–Trinajstić information content (AvgIpc) is 2.67. The number of hydrogen-bond acceptors (Lipinski definition) is 5. The number of nitrogens with zero attached hydrogens (tertiary/aromatic N) is 1. The van der Waals surface area contributed by atoms with Gasteiger partial charge in [0, 0.05) is 32.4 Å². The van der Waals surface area contributed by atoms with Crippen molar-refractivity contribution in [1.82, 2.24) is 10.2 Å². The summed E-state index contributed by atoms with van der Waals surface area (Å²) >= 11 is 0. The first-order valence-corrected chi connectivity index (χ1v) is 11.1. The second-order valence-corrected chi connectivity index (χ2v) is 9.87. The van der Waals surface area contributed by atoms with Crippen LogP contribution in [0.4, 0.5) is 9.59 Å². The number of carboxylic acid groups (broad SMARTS) is 1. The van der Waals surface area contributed by atoms with E-state index in [1.54, 1.807) is 4.90 Å². The van der Waals surface area contributed by atoms with Crippen LogP contribution >= 0.6 is 0 Å². The van der Waals surface area contributed by atoms with Crippen molar-refractivity contribution in [1.29, 1.82) is 0 Å². The van der Waals surface area contributed by atoms with E-state index in [1.165, 1.54) is 0 Å². The molecule has 2 amide bonds. The number of carbonyl (C=O) groups is 3. The maximum absolute atomic E-state index is 12.7. The van der Waals surface area contributed by atoms with Crippen LogP contribution in [0, 0.1) is 5.92 Å². The zero-order valence-electron chi connectivity index (χ0n) is 19.7. The van der Waals surface area contributed by atoms with E-state index in [4.69, 9.17) is 9.47 Å². The van der Waals surface area contributed by atoms with Crippen LogP contribution in [0.25, 0.3) is 0 Å². The summed E-state index contributed by atoms with van der Waals surface area (Å²) in [7, 11) is 0. The van der Waals surface area contributed by atoms with E-state index in [9.17, 15) is 19.5 Å². The largest absolute Gasteiger partial charge is 0.480 e. The van der Waals surface area contributed by atoms with E-state index in [2.05, 4.69) is 5.32 Å². The summed E-state index contributed by atoms with van der Waals surface area (Å²) in [6.45, 7) is 10.00. The van der Waals surface area contributed by atoms with Crippen LogP contribution in [-0.2, 0) is 20.7 Å². The summed E-state index contributed by atoms with van der Waals surface area (Å²) in [5, 5.41) is 11.9. The smallest absolute Gasteiger partial charge is 0.410 e. The number of carboxylic acids is 1. The Labute approximate surface area is 190 Å². The first kappa shape index (κ1) is 25.5. The number of benzene rings is 1. The Morgan fingerprint density at radius 1 is 1.12 bits per heavy atom. The molecule has 178 valence electrons. The van der Waals surface area contributed by atoms with E-state index in [1.807, 2.05) is 65.0 Å². The van der Waals surface area contributed by atoms with E-state index >= 15 is 0 Å². The first-order chi connectivity index (χ1) is 14.9. The lowest BCUT2D eigenvalue weighted by Gasteiger charge is -2.41. The third-order valence-electron chi connectivity index (χ3n) is 5.30. The standard InChI is InChI=1S/C24H36N2O6/c1-17(2)15-19(20(27)28)25-21(29)31-24(16-18-9-7-6-8-10-18)11-13-26(14-12-24)22(30)32-23(3,4)5/h6-10,17,19H,11-16H2,1-5H3,(H,25,29)(H,27,28). The molecule has 1 saturated heterocycles. The Bertz CT molecular complexity index is 779. The van der Waals surface area contributed by atoms with Gasteiger partial charge in [0.1, 0.15) is 17.2 Å². The fourth-order valence-electron chi connectivity index (χ4n) is 3.77. The molecule has 0 radical (unpaired) electrons. The predicted octanol–water partition coefficient (Wildman–Crippen LogP) is 4.22. The van der Waals surface area contributed by atoms with Crippen molar-refractivity contribution in [2.45, 2.75) is 77.5 Å².